The van der Waals surface area contributed by atoms with Crippen molar-refractivity contribution in [2.75, 3.05) is 18.8 Å². The van der Waals surface area contributed by atoms with E-state index < -0.39 is 15.8 Å². The van der Waals surface area contributed by atoms with Gasteiger partial charge in [-0.2, -0.15) is 5.26 Å². The van der Waals surface area contributed by atoms with Gasteiger partial charge in [-0.15, -0.1) is 4.41 Å². The molecular formula is C6H11N3O2S. The van der Waals surface area contributed by atoms with Crippen LogP contribution in [0.4, 0.5) is 0 Å². The second-order valence-corrected chi connectivity index (χ2v) is 4.49. The average molecular weight is 189 g/mol. The number of rotatable bonds is 2. The molecule has 1 rings (SSSR count). The summed E-state index contributed by atoms with van der Waals surface area (Å²) in [4.78, 5) is 0. The highest BCUT2D eigenvalue weighted by atomic mass is 32.2. The molecule has 0 spiro atoms. The van der Waals surface area contributed by atoms with Gasteiger partial charge in [0.15, 0.2) is 5.75 Å². The van der Waals surface area contributed by atoms with E-state index in [0.29, 0.717) is 13.1 Å². The topological polar surface area (TPSA) is 73.2 Å². The predicted octanol–water partition coefficient (Wildman–Crippen LogP) is -0.560. The van der Waals surface area contributed by atoms with Crippen molar-refractivity contribution in [2.45, 2.75) is 12.8 Å². The zero-order valence-corrected chi connectivity index (χ0v) is 7.47. The van der Waals surface area contributed by atoms with Crippen LogP contribution in [0.3, 0.4) is 0 Å². The summed E-state index contributed by atoms with van der Waals surface area (Å²) in [5.41, 5.74) is 2.74. The minimum Gasteiger partial charge on any atom is -0.241 e. The van der Waals surface area contributed by atoms with Crippen LogP contribution in [0, 0.1) is 11.3 Å². The molecule has 0 saturated carbocycles. The first-order chi connectivity index (χ1) is 5.67. The molecule has 1 fully saturated rings. The van der Waals surface area contributed by atoms with Gasteiger partial charge in [0.2, 0.25) is 10.0 Å². The van der Waals surface area contributed by atoms with Crippen LogP contribution >= 0.6 is 0 Å². The molecule has 0 amide bonds. The molecule has 1 aliphatic rings. The van der Waals surface area contributed by atoms with E-state index in [1.165, 1.54) is 4.41 Å². The Hall–Kier alpha value is -0.640. The van der Waals surface area contributed by atoms with Gasteiger partial charge in [0, 0.05) is 13.1 Å². The SMILES string of the molecule is N#CCS(=O)(=O)N1CCCCN1. The van der Waals surface area contributed by atoms with Crippen LogP contribution in [0.15, 0.2) is 0 Å². The van der Waals surface area contributed by atoms with Gasteiger partial charge in [0.05, 0.1) is 6.07 Å². The van der Waals surface area contributed by atoms with E-state index in [9.17, 15) is 8.42 Å². The lowest BCUT2D eigenvalue weighted by Crippen LogP contribution is -2.47. The summed E-state index contributed by atoms with van der Waals surface area (Å²) >= 11 is 0. The van der Waals surface area contributed by atoms with Crippen LogP contribution < -0.4 is 5.43 Å². The lowest BCUT2D eigenvalue weighted by molar-refractivity contribution is 0.269. The molecule has 0 bridgehead atoms. The zero-order chi connectivity index (χ0) is 9.03. The quantitative estimate of drug-likeness (QED) is 0.632. The van der Waals surface area contributed by atoms with Gasteiger partial charge in [-0.1, -0.05) is 0 Å². The van der Waals surface area contributed by atoms with E-state index in [2.05, 4.69) is 5.43 Å². The summed E-state index contributed by atoms with van der Waals surface area (Å²) in [6.07, 6.45) is 1.84. The van der Waals surface area contributed by atoms with Gasteiger partial charge in [0.25, 0.3) is 0 Å². The Labute approximate surface area is 72.0 Å². The summed E-state index contributed by atoms with van der Waals surface area (Å²) in [6.45, 7) is 1.15. The Morgan fingerprint density at radius 2 is 2.25 bits per heavy atom. The summed E-state index contributed by atoms with van der Waals surface area (Å²) in [5, 5.41) is 8.25. The molecule has 1 saturated heterocycles. The number of sulfonamides is 1. The lowest BCUT2D eigenvalue weighted by Gasteiger charge is -2.25. The van der Waals surface area contributed by atoms with Gasteiger partial charge in [-0.25, -0.2) is 13.8 Å². The van der Waals surface area contributed by atoms with E-state index >= 15 is 0 Å². The van der Waals surface area contributed by atoms with Crippen LogP contribution in [-0.2, 0) is 10.0 Å². The van der Waals surface area contributed by atoms with Gasteiger partial charge < -0.3 is 0 Å². The van der Waals surface area contributed by atoms with Crippen molar-refractivity contribution in [3.8, 4) is 6.07 Å². The van der Waals surface area contributed by atoms with Crippen molar-refractivity contribution >= 4 is 10.0 Å². The van der Waals surface area contributed by atoms with E-state index in [4.69, 9.17) is 5.26 Å². The lowest BCUT2D eigenvalue weighted by atomic mass is 10.3. The maximum absolute atomic E-state index is 11.2. The maximum Gasteiger partial charge on any atom is 0.240 e. The highest BCUT2D eigenvalue weighted by Crippen LogP contribution is 2.05. The highest BCUT2D eigenvalue weighted by Gasteiger charge is 2.22. The minimum absolute atomic E-state index is 0.444. The number of hydrogen-bond donors (Lipinski definition) is 1. The van der Waals surface area contributed by atoms with E-state index in [1.54, 1.807) is 6.07 Å². The van der Waals surface area contributed by atoms with Crippen molar-refractivity contribution in [3.63, 3.8) is 0 Å². The zero-order valence-electron chi connectivity index (χ0n) is 6.65. The first-order valence-corrected chi connectivity index (χ1v) is 5.38. The van der Waals surface area contributed by atoms with Crippen LogP contribution in [0.5, 0.6) is 0 Å². The van der Waals surface area contributed by atoms with Crippen LogP contribution in [0.2, 0.25) is 0 Å². The molecule has 0 radical (unpaired) electrons. The van der Waals surface area contributed by atoms with Crippen molar-refractivity contribution in [3.05, 3.63) is 0 Å². The minimum atomic E-state index is -3.37. The number of nitrogens with zero attached hydrogens (tertiary/aromatic N) is 2. The van der Waals surface area contributed by atoms with Crippen LogP contribution in [0.1, 0.15) is 12.8 Å². The average Bonchev–Trinajstić information content (AvgIpc) is 2.06. The third kappa shape index (κ3) is 2.17. The molecule has 0 aromatic rings. The third-order valence-electron chi connectivity index (χ3n) is 1.66. The molecule has 0 aromatic carbocycles. The van der Waals surface area contributed by atoms with Gasteiger partial charge in [-0.3, -0.25) is 0 Å². The molecule has 0 aliphatic carbocycles. The number of nitriles is 1. The second kappa shape index (κ2) is 3.85. The molecule has 0 aromatic heterocycles. The fourth-order valence-electron chi connectivity index (χ4n) is 1.06. The fraction of sp³-hybridized carbons (Fsp3) is 0.833. The molecule has 0 atom stereocenters. The van der Waals surface area contributed by atoms with Gasteiger partial charge in [0.1, 0.15) is 0 Å². The Morgan fingerprint density at radius 1 is 1.50 bits per heavy atom. The van der Waals surface area contributed by atoms with Crippen LogP contribution in [0.25, 0.3) is 0 Å². The summed E-state index contributed by atoms with van der Waals surface area (Å²) < 4.78 is 23.6. The highest BCUT2D eigenvalue weighted by molar-refractivity contribution is 7.89. The van der Waals surface area contributed by atoms with Gasteiger partial charge in [-0.05, 0) is 12.8 Å². The van der Waals surface area contributed by atoms with E-state index in [0.717, 1.165) is 12.8 Å². The molecule has 1 N–H and O–H groups in total. The molecule has 1 heterocycles. The first kappa shape index (κ1) is 9.45. The van der Waals surface area contributed by atoms with Crippen molar-refractivity contribution in [1.82, 2.24) is 9.84 Å². The monoisotopic (exact) mass is 189 g/mol. The Bertz CT molecular complexity index is 274. The molecular weight excluding hydrogens is 178 g/mol. The summed E-state index contributed by atoms with van der Waals surface area (Å²) in [6, 6.07) is 1.64. The fourth-order valence-corrected chi connectivity index (χ4v) is 2.07. The van der Waals surface area contributed by atoms with E-state index in [1.807, 2.05) is 0 Å². The maximum atomic E-state index is 11.2. The molecule has 0 unspecified atom stereocenters. The predicted molar refractivity (Wildman–Crippen MR) is 43.3 cm³/mol. The number of hydrazine groups is 1. The number of nitrogens with one attached hydrogen (secondary N) is 1. The Morgan fingerprint density at radius 3 is 2.75 bits per heavy atom. The molecule has 1 aliphatic heterocycles. The summed E-state index contributed by atoms with van der Waals surface area (Å²) in [7, 11) is -3.37. The van der Waals surface area contributed by atoms with Crippen molar-refractivity contribution < 1.29 is 8.42 Å². The standard InChI is InChI=1S/C6H11N3O2S/c7-3-6-12(10,11)9-5-2-1-4-8-9/h8H,1-2,4-6H2. The van der Waals surface area contributed by atoms with Crippen LogP contribution in [-0.4, -0.2) is 31.7 Å². The second-order valence-electron chi connectivity index (χ2n) is 2.60. The smallest absolute Gasteiger partial charge is 0.240 e. The molecule has 6 heteroatoms. The third-order valence-corrected chi connectivity index (χ3v) is 3.14. The molecule has 5 nitrogen and oxygen atoms in total. The number of hydrogen-bond acceptors (Lipinski definition) is 4. The Balaban J connectivity index is 2.62. The summed E-state index contributed by atoms with van der Waals surface area (Å²) in [5.74, 6) is -0.444. The van der Waals surface area contributed by atoms with Crippen molar-refractivity contribution in [1.29, 1.82) is 5.26 Å². The molecule has 68 valence electrons. The normalized spacial score (nSPS) is 20.2. The largest absolute Gasteiger partial charge is 0.241 e. The van der Waals surface area contributed by atoms with Crippen molar-refractivity contribution in [2.24, 2.45) is 0 Å². The Kier molecular flexibility index (Phi) is 3.03. The van der Waals surface area contributed by atoms with Gasteiger partial charge >= 0.3 is 0 Å². The molecule has 12 heavy (non-hydrogen) atoms. The van der Waals surface area contributed by atoms with E-state index in [-0.39, 0.29) is 0 Å². The first-order valence-electron chi connectivity index (χ1n) is 3.78.